The van der Waals surface area contributed by atoms with Gasteiger partial charge in [0, 0.05) is 29.9 Å². The lowest BCUT2D eigenvalue weighted by Crippen LogP contribution is -2.37. The van der Waals surface area contributed by atoms with E-state index in [1.54, 1.807) is 26.9 Å². The number of ether oxygens (including phenoxy) is 1. The van der Waals surface area contributed by atoms with Crippen molar-refractivity contribution in [3.05, 3.63) is 46.2 Å². The molecule has 1 saturated heterocycles. The summed E-state index contributed by atoms with van der Waals surface area (Å²) in [5, 5.41) is 6.37. The third kappa shape index (κ3) is 3.40. The predicted molar refractivity (Wildman–Crippen MR) is 93.6 cm³/mol. The van der Waals surface area contributed by atoms with Crippen molar-refractivity contribution in [3.8, 4) is 0 Å². The lowest BCUT2D eigenvalue weighted by Gasteiger charge is -2.23. The zero-order valence-electron chi connectivity index (χ0n) is 14.0. The second-order valence-corrected chi connectivity index (χ2v) is 7.17. The second kappa shape index (κ2) is 6.89. The highest BCUT2D eigenvalue weighted by atomic mass is 32.1. The minimum Gasteiger partial charge on any atom is -0.376 e. The quantitative estimate of drug-likeness (QED) is 0.701. The Hall–Kier alpha value is -2.32. The number of amides is 1. The summed E-state index contributed by atoms with van der Waals surface area (Å²) >= 11 is 1.64. The van der Waals surface area contributed by atoms with Crippen LogP contribution in [0.25, 0.3) is 5.78 Å². The lowest BCUT2D eigenvalue weighted by atomic mass is 10.2. The van der Waals surface area contributed by atoms with Crippen LogP contribution in [0.4, 0.5) is 0 Å². The van der Waals surface area contributed by atoms with Crippen LogP contribution in [0, 0.1) is 6.92 Å². The Morgan fingerprint density at radius 2 is 2.40 bits per heavy atom. The highest BCUT2D eigenvalue weighted by Crippen LogP contribution is 2.18. The Morgan fingerprint density at radius 3 is 3.12 bits per heavy atom. The van der Waals surface area contributed by atoms with Crippen molar-refractivity contribution < 1.29 is 9.53 Å². The van der Waals surface area contributed by atoms with E-state index in [0.717, 1.165) is 30.0 Å². The monoisotopic (exact) mass is 357 g/mol. The van der Waals surface area contributed by atoms with Crippen molar-refractivity contribution in [1.82, 2.24) is 24.5 Å². The number of aryl methyl sites for hydroxylation is 1. The maximum absolute atomic E-state index is 13.0. The van der Waals surface area contributed by atoms with Crippen molar-refractivity contribution in [2.75, 3.05) is 13.2 Å². The summed E-state index contributed by atoms with van der Waals surface area (Å²) in [6.07, 6.45) is 3.78. The molecule has 0 saturated carbocycles. The fourth-order valence-corrected chi connectivity index (χ4v) is 3.70. The van der Waals surface area contributed by atoms with Crippen LogP contribution in [-0.4, -0.2) is 49.6 Å². The van der Waals surface area contributed by atoms with E-state index < -0.39 is 0 Å². The summed E-state index contributed by atoms with van der Waals surface area (Å²) in [6, 6.07) is 5.86. The average Bonchev–Trinajstić information content (AvgIpc) is 3.35. The molecule has 0 aromatic carbocycles. The molecule has 0 N–H and O–H groups in total. The van der Waals surface area contributed by atoms with Crippen LogP contribution in [-0.2, 0) is 11.3 Å². The number of carbonyl (C=O) groups is 1. The third-order valence-electron chi connectivity index (χ3n) is 4.28. The van der Waals surface area contributed by atoms with Crippen molar-refractivity contribution in [2.45, 2.75) is 32.4 Å². The predicted octanol–water partition coefficient (Wildman–Crippen LogP) is 2.32. The van der Waals surface area contributed by atoms with E-state index >= 15 is 0 Å². The fourth-order valence-electron chi connectivity index (χ4n) is 2.98. The first-order chi connectivity index (χ1) is 12.2. The van der Waals surface area contributed by atoms with Gasteiger partial charge in [-0.25, -0.2) is 9.50 Å². The molecule has 0 bridgehead atoms. The van der Waals surface area contributed by atoms with E-state index in [1.165, 1.54) is 0 Å². The maximum Gasteiger partial charge on any atom is 0.294 e. The second-order valence-electron chi connectivity index (χ2n) is 6.13. The number of aromatic nitrogens is 4. The largest absolute Gasteiger partial charge is 0.376 e. The van der Waals surface area contributed by atoms with Gasteiger partial charge in [-0.3, -0.25) is 4.79 Å². The van der Waals surface area contributed by atoms with Gasteiger partial charge in [-0.05, 0) is 37.3 Å². The Labute approximate surface area is 149 Å². The number of carbonyl (C=O) groups excluding carboxylic acids is 1. The van der Waals surface area contributed by atoms with Crippen LogP contribution in [0.3, 0.4) is 0 Å². The molecule has 1 amide bonds. The Bertz CT molecular complexity index is 870. The normalized spacial score (nSPS) is 17.2. The van der Waals surface area contributed by atoms with Crippen LogP contribution < -0.4 is 0 Å². The van der Waals surface area contributed by atoms with Gasteiger partial charge in [0.1, 0.15) is 0 Å². The van der Waals surface area contributed by atoms with Crippen molar-refractivity contribution in [3.63, 3.8) is 0 Å². The molecule has 4 rings (SSSR count). The molecule has 0 spiro atoms. The first kappa shape index (κ1) is 16.2. The number of thiophene rings is 1. The smallest absolute Gasteiger partial charge is 0.294 e. The van der Waals surface area contributed by atoms with Crippen LogP contribution in [0.2, 0.25) is 0 Å². The van der Waals surface area contributed by atoms with Gasteiger partial charge < -0.3 is 9.64 Å². The van der Waals surface area contributed by atoms with E-state index in [-0.39, 0.29) is 17.8 Å². The number of rotatable bonds is 5. The summed E-state index contributed by atoms with van der Waals surface area (Å²) in [4.78, 5) is 24.5. The van der Waals surface area contributed by atoms with Gasteiger partial charge in [-0.15, -0.1) is 16.4 Å². The molecule has 1 unspecified atom stereocenters. The molecule has 3 aromatic heterocycles. The number of hydrogen-bond donors (Lipinski definition) is 0. The van der Waals surface area contributed by atoms with E-state index in [9.17, 15) is 4.79 Å². The molecule has 3 aromatic rings. The SMILES string of the molecule is Cc1ccnc2nc(C(=O)N(Cc3cccs3)CC3CCCO3)nn12. The van der Waals surface area contributed by atoms with E-state index in [1.807, 2.05) is 30.5 Å². The van der Waals surface area contributed by atoms with Crippen LogP contribution in [0.1, 0.15) is 34.0 Å². The molecule has 0 aliphatic carbocycles. The number of fused-ring (bicyclic) bond motifs is 1. The van der Waals surface area contributed by atoms with E-state index in [0.29, 0.717) is 18.9 Å². The van der Waals surface area contributed by atoms with Crippen molar-refractivity contribution in [1.29, 1.82) is 0 Å². The minimum absolute atomic E-state index is 0.0841. The van der Waals surface area contributed by atoms with Gasteiger partial charge in [0.2, 0.25) is 5.82 Å². The van der Waals surface area contributed by atoms with Crippen LogP contribution in [0.15, 0.2) is 29.8 Å². The average molecular weight is 357 g/mol. The van der Waals surface area contributed by atoms with Gasteiger partial charge >= 0.3 is 0 Å². The standard InChI is InChI=1S/C17H19N5O2S/c1-12-6-7-18-17-19-15(20-22(12)17)16(23)21(10-13-4-2-8-24-13)11-14-5-3-9-25-14/h3,5-7,9,13H,2,4,8,10-11H2,1H3. The summed E-state index contributed by atoms with van der Waals surface area (Å²) in [5.74, 6) is 0.432. The Kier molecular flexibility index (Phi) is 4.46. The molecule has 1 aliphatic rings. The molecule has 4 heterocycles. The molecule has 1 aliphatic heterocycles. The molecule has 130 valence electrons. The number of nitrogens with zero attached hydrogens (tertiary/aromatic N) is 5. The van der Waals surface area contributed by atoms with Crippen LogP contribution >= 0.6 is 11.3 Å². The first-order valence-electron chi connectivity index (χ1n) is 8.32. The molecule has 1 atom stereocenters. The highest BCUT2D eigenvalue weighted by Gasteiger charge is 2.26. The first-order valence-corrected chi connectivity index (χ1v) is 9.20. The van der Waals surface area contributed by atoms with Gasteiger partial charge in [0.25, 0.3) is 11.7 Å². The Balaban J connectivity index is 1.61. The zero-order valence-corrected chi connectivity index (χ0v) is 14.8. The molecule has 7 nitrogen and oxygen atoms in total. The van der Waals surface area contributed by atoms with Crippen molar-refractivity contribution in [2.24, 2.45) is 0 Å². The van der Waals surface area contributed by atoms with Gasteiger partial charge in [0.05, 0.1) is 12.6 Å². The number of hydrogen-bond acceptors (Lipinski definition) is 6. The lowest BCUT2D eigenvalue weighted by molar-refractivity contribution is 0.0500. The van der Waals surface area contributed by atoms with E-state index in [4.69, 9.17) is 4.74 Å². The summed E-state index contributed by atoms with van der Waals surface area (Å²) in [7, 11) is 0. The Morgan fingerprint density at radius 1 is 1.48 bits per heavy atom. The molecule has 25 heavy (non-hydrogen) atoms. The topological polar surface area (TPSA) is 72.6 Å². The van der Waals surface area contributed by atoms with E-state index in [2.05, 4.69) is 15.1 Å². The van der Waals surface area contributed by atoms with Gasteiger partial charge in [-0.2, -0.15) is 4.98 Å². The fraction of sp³-hybridized carbons (Fsp3) is 0.412. The zero-order chi connectivity index (χ0) is 17.2. The minimum atomic E-state index is -0.186. The van der Waals surface area contributed by atoms with Gasteiger partial charge in [0.15, 0.2) is 0 Å². The molecular weight excluding hydrogens is 338 g/mol. The third-order valence-corrected chi connectivity index (χ3v) is 5.14. The van der Waals surface area contributed by atoms with Crippen molar-refractivity contribution >= 4 is 23.0 Å². The summed E-state index contributed by atoms with van der Waals surface area (Å²) in [6.45, 7) is 3.77. The summed E-state index contributed by atoms with van der Waals surface area (Å²) < 4.78 is 7.32. The molecule has 8 heteroatoms. The molecular formula is C17H19N5O2S. The maximum atomic E-state index is 13.0. The van der Waals surface area contributed by atoms with Gasteiger partial charge in [-0.1, -0.05) is 6.07 Å². The van der Waals surface area contributed by atoms with Crippen LogP contribution in [0.5, 0.6) is 0 Å². The molecule has 0 radical (unpaired) electrons. The molecule has 1 fully saturated rings. The summed E-state index contributed by atoms with van der Waals surface area (Å²) in [5.41, 5.74) is 0.889. The highest BCUT2D eigenvalue weighted by molar-refractivity contribution is 7.09.